The number of likely N-dealkylation sites (tertiary alicyclic amines) is 1. The third-order valence-electron chi connectivity index (χ3n) is 4.06. The molecule has 3 rings (SSSR count). The van der Waals surface area contributed by atoms with E-state index in [1.54, 1.807) is 0 Å². The van der Waals surface area contributed by atoms with Gasteiger partial charge in [0.2, 0.25) is 0 Å². The van der Waals surface area contributed by atoms with Crippen molar-refractivity contribution < 1.29 is 4.79 Å². The third-order valence-corrected chi connectivity index (χ3v) is 5.12. The molecule has 6 heteroatoms. The van der Waals surface area contributed by atoms with Gasteiger partial charge in [0, 0.05) is 6.54 Å². The molecule has 2 aromatic rings. The summed E-state index contributed by atoms with van der Waals surface area (Å²) in [5, 5.41) is 8.13. The molecule has 1 fully saturated rings. The van der Waals surface area contributed by atoms with Crippen LogP contribution < -0.4 is 0 Å². The Morgan fingerprint density at radius 1 is 1.38 bits per heavy atom. The first kappa shape index (κ1) is 14.3. The maximum atomic E-state index is 12.9. The zero-order valence-corrected chi connectivity index (χ0v) is 13.5. The summed E-state index contributed by atoms with van der Waals surface area (Å²) in [6.45, 7) is 6.70. The van der Waals surface area contributed by atoms with Crippen LogP contribution in [0.3, 0.4) is 0 Å². The van der Waals surface area contributed by atoms with Gasteiger partial charge in [-0.25, -0.2) is 4.98 Å². The normalized spacial score (nSPS) is 19.0. The number of piperidine rings is 1. The van der Waals surface area contributed by atoms with Gasteiger partial charge in [0.15, 0.2) is 0 Å². The lowest BCUT2D eigenvalue weighted by Gasteiger charge is -2.35. The van der Waals surface area contributed by atoms with Gasteiger partial charge in [-0.05, 0) is 45.6 Å². The Hall–Kier alpha value is -1.69. The molecule has 0 bridgehead atoms. The second-order valence-corrected chi connectivity index (χ2v) is 6.83. The zero-order valence-electron chi connectivity index (χ0n) is 12.6. The van der Waals surface area contributed by atoms with Crippen LogP contribution in [-0.2, 0) is 0 Å². The second-order valence-electron chi connectivity index (χ2n) is 5.62. The Bertz CT molecular complexity index is 660. The van der Waals surface area contributed by atoms with Crippen molar-refractivity contribution in [2.75, 3.05) is 6.54 Å². The number of thiazole rings is 1. The molecular weight excluding hydrogens is 284 g/mol. The Balaban J connectivity index is 1.93. The lowest BCUT2D eigenvalue weighted by atomic mass is 9.97. The molecule has 0 aliphatic carbocycles. The lowest BCUT2D eigenvalue weighted by Crippen LogP contribution is -2.38. The van der Waals surface area contributed by atoms with Crippen LogP contribution in [0.1, 0.15) is 56.9 Å². The fourth-order valence-corrected chi connectivity index (χ4v) is 3.90. The summed E-state index contributed by atoms with van der Waals surface area (Å²) in [5.41, 5.74) is 3.03. The minimum atomic E-state index is 0.107. The number of hydrogen-bond acceptors (Lipinski definition) is 4. The van der Waals surface area contributed by atoms with E-state index in [1.165, 1.54) is 11.3 Å². The number of amides is 1. The third kappa shape index (κ3) is 2.60. The highest BCUT2D eigenvalue weighted by Crippen LogP contribution is 2.33. The van der Waals surface area contributed by atoms with Gasteiger partial charge in [-0.3, -0.25) is 9.89 Å². The number of nitrogens with zero attached hydrogens (tertiary/aromatic N) is 3. The first-order chi connectivity index (χ1) is 10.1. The number of aromatic amines is 1. The van der Waals surface area contributed by atoms with Crippen molar-refractivity contribution >= 4 is 17.2 Å². The molecule has 2 aromatic heterocycles. The van der Waals surface area contributed by atoms with E-state index < -0.39 is 0 Å². The average Bonchev–Trinajstić information content (AvgIpc) is 3.03. The van der Waals surface area contributed by atoms with Gasteiger partial charge in [0.1, 0.15) is 4.88 Å². The average molecular weight is 304 g/mol. The number of carbonyl (C=O) groups excluding carboxylic acids is 1. The highest BCUT2D eigenvalue weighted by molar-refractivity contribution is 7.13. The van der Waals surface area contributed by atoms with Gasteiger partial charge < -0.3 is 4.90 Å². The molecule has 5 nitrogen and oxygen atoms in total. The summed E-state index contributed by atoms with van der Waals surface area (Å²) in [4.78, 5) is 20.1. The van der Waals surface area contributed by atoms with E-state index in [2.05, 4.69) is 15.2 Å². The van der Waals surface area contributed by atoms with E-state index in [0.717, 1.165) is 52.6 Å². The van der Waals surface area contributed by atoms with Crippen molar-refractivity contribution in [3.63, 3.8) is 0 Å². The summed E-state index contributed by atoms with van der Waals surface area (Å²) in [6.07, 6.45) is 5.03. The summed E-state index contributed by atoms with van der Waals surface area (Å²) >= 11 is 1.49. The molecule has 0 aromatic carbocycles. The SMILES string of the molecule is Cc1nc(C)c(C(=O)N2CCCC[C@H]2c2[nH]ncc2C)s1. The van der Waals surface area contributed by atoms with E-state index in [1.807, 2.05) is 31.9 Å². The zero-order chi connectivity index (χ0) is 15.0. The van der Waals surface area contributed by atoms with E-state index in [0.29, 0.717) is 0 Å². The highest BCUT2D eigenvalue weighted by Gasteiger charge is 2.32. The van der Waals surface area contributed by atoms with Gasteiger partial charge in [-0.2, -0.15) is 5.10 Å². The van der Waals surface area contributed by atoms with Gasteiger partial charge in [-0.15, -0.1) is 11.3 Å². The molecule has 1 aliphatic rings. The van der Waals surface area contributed by atoms with Gasteiger partial charge in [0.05, 0.1) is 28.6 Å². The Labute approximate surface area is 128 Å². The fourth-order valence-electron chi connectivity index (χ4n) is 3.03. The number of aryl methyl sites for hydroxylation is 3. The maximum Gasteiger partial charge on any atom is 0.266 e. The van der Waals surface area contributed by atoms with Crippen LogP contribution in [0.2, 0.25) is 0 Å². The number of aromatic nitrogens is 3. The van der Waals surface area contributed by atoms with E-state index in [4.69, 9.17) is 0 Å². The smallest absolute Gasteiger partial charge is 0.266 e. The van der Waals surface area contributed by atoms with Crippen LogP contribution in [-0.4, -0.2) is 32.5 Å². The molecule has 1 amide bonds. The molecule has 112 valence electrons. The molecule has 1 N–H and O–H groups in total. The predicted molar refractivity (Wildman–Crippen MR) is 82.5 cm³/mol. The van der Waals surface area contributed by atoms with Gasteiger partial charge in [-0.1, -0.05) is 0 Å². The summed E-state index contributed by atoms with van der Waals surface area (Å²) in [6, 6.07) is 0.107. The molecule has 21 heavy (non-hydrogen) atoms. The molecule has 1 atom stereocenters. The summed E-state index contributed by atoms with van der Waals surface area (Å²) in [7, 11) is 0. The maximum absolute atomic E-state index is 12.9. The van der Waals surface area contributed by atoms with Crippen molar-refractivity contribution in [3.8, 4) is 0 Å². The molecule has 0 saturated carbocycles. The molecule has 1 saturated heterocycles. The molecule has 0 radical (unpaired) electrons. The number of carbonyl (C=O) groups is 1. The van der Waals surface area contributed by atoms with Crippen molar-refractivity contribution in [2.24, 2.45) is 0 Å². The molecule has 1 aliphatic heterocycles. The predicted octanol–water partition coefficient (Wildman–Crippen LogP) is 3.16. The molecular formula is C15H20N4OS. The van der Waals surface area contributed by atoms with Crippen LogP contribution in [0.15, 0.2) is 6.20 Å². The quantitative estimate of drug-likeness (QED) is 0.927. The fraction of sp³-hybridized carbons (Fsp3) is 0.533. The largest absolute Gasteiger partial charge is 0.329 e. The second kappa shape index (κ2) is 5.60. The molecule has 3 heterocycles. The van der Waals surface area contributed by atoms with Crippen molar-refractivity contribution in [3.05, 3.63) is 33.0 Å². The molecule has 0 unspecified atom stereocenters. The number of rotatable bonds is 2. The highest BCUT2D eigenvalue weighted by atomic mass is 32.1. The minimum Gasteiger partial charge on any atom is -0.329 e. The minimum absolute atomic E-state index is 0.107. The molecule has 0 spiro atoms. The van der Waals surface area contributed by atoms with Crippen LogP contribution in [0.4, 0.5) is 0 Å². The monoisotopic (exact) mass is 304 g/mol. The summed E-state index contributed by atoms with van der Waals surface area (Å²) < 4.78 is 0. The number of hydrogen-bond donors (Lipinski definition) is 1. The van der Waals surface area contributed by atoms with Crippen molar-refractivity contribution in [1.29, 1.82) is 0 Å². The van der Waals surface area contributed by atoms with Crippen LogP contribution in [0.5, 0.6) is 0 Å². The van der Waals surface area contributed by atoms with Crippen LogP contribution in [0.25, 0.3) is 0 Å². The summed E-state index contributed by atoms with van der Waals surface area (Å²) in [5.74, 6) is 0.108. The topological polar surface area (TPSA) is 61.9 Å². The van der Waals surface area contributed by atoms with Crippen molar-refractivity contribution in [2.45, 2.75) is 46.1 Å². The Morgan fingerprint density at radius 2 is 2.19 bits per heavy atom. The van der Waals surface area contributed by atoms with E-state index in [-0.39, 0.29) is 11.9 Å². The Kier molecular flexibility index (Phi) is 3.80. The van der Waals surface area contributed by atoms with Crippen LogP contribution in [0, 0.1) is 20.8 Å². The van der Waals surface area contributed by atoms with Gasteiger partial charge >= 0.3 is 0 Å². The van der Waals surface area contributed by atoms with Crippen molar-refractivity contribution in [1.82, 2.24) is 20.1 Å². The first-order valence-electron chi connectivity index (χ1n) is 7.33. The standard InChI is InChI=1S/C15H20N4OS/c1-9-8-16-18-13(9)12-6-4-5-7-19(12)15(20)14-10(2)17-11(3)21-14/h8,12H,4-7H2,1-3H3,(H,16,18)/t12-/m0/s1. The lowest BCUT2D eigenvalue weighted by molar-refractivity contribution is 0.0609. The van der Waals surface area contributed by atoms with Crippen LogP contribution >= 0.6 is 11.3 Å². The van der Waals surface area contributed by atoms with Gasteiger partial charge in [0.25, 0.3) is 5.91 Å². The Morgan fingerprint density at radius 3 is 2.81 bits per heavy atom. The van der Waals surface area contributed by atoms with E-state index >= 15 is 0 Å². The number of nitrogens with one attached hydrogen (secondary N) is 1. The first-order valence-corrected chi connectivity index (χ1v) is 8.14. The van der Waals surface area contributed by atoms with E-state index in [9.17, 15) is 4.79 Å². The number of H-pyrrole nitrogens is 1.